The highest BCUT2D eigenvalue weighted by Crippen LogP contribution is 2.14. The fourth-order valence-corrected chi connectivity index (χ4v) is 2.06. The van der Waals surface area contributed by atoms with Gasteiger partial charge in [0.25, 0.3) is 0 Å². The summed E-state index contributed by atoms with van der Waals surface area (Å²) in [6.07, 6.45) is 1.21. The molecule has 0 saturated heterocycles. The van der Waals surface area contributed by atoms with Gasteiger partial charge in [0.15, 0.2) is 0 Å². The quantitative estimate of drug-likeness (QED) is 0.600. The van der Waals surface area contributed by atoms with E-state index in [4.69, 9.17) is 11.1 Å². The molecule has 0 bridgehead atoms. The maximum Gasteiger partial charge on any atom is 0.122 e. The summed E-state index contributed by atoms with van der Waals surface area (Å²) in [6.45, 7) is 8.66. The lowest BCUT2D eigenvalue weighted by molar-refractivity contribution is 0.275. The van der Waals surface area contributed by atoms with Gasteiger partial charge in [0.1, 0.15) is 5.84 Å². The normalized spacial score (nSPS) is 12.7. The maximum absolute atomic E-state index is 7.43. The first-order valence-electron chi connectivity index (χ1n) is 6.56. The van der Waals surface area contributed by atoms with Gasteiger partial charge < -0.3 is 10.6 Å². The number of nitrogen functional groups attached to an aromatic ring is 1. The highest BCUT2D eigenvalue weighted by molar-refractivity contribution is 5.95. The Kier molecular flexibility index (Phi) is 5.35. The van der Waals surface area contributed by atoms with Crippen LogP contribution in [0.3, 0.4) is 0 Å². The molecule has 0 spiro atoms. The zero-order chi connectivity index (χ0) is 13.7. The van der Waals surface area contributed by atoms with E-state index in [1.54, 1.807) is 0 Å². The van der Waals surface area contributed by atoms with Crippen LogP contribution in [-0.4, -0.2) is 24.3 Å². The first-order chi connectivity index (χ1) is 8.43. The predicted octanol–water partition coefficient (Wildman–Crippen LogP) is 2.76. The van der Waals surface area contributed by atoms with Crippen LogP contribution >= 0.6 is 0 Å². The second-order valence-electron chi connectivity index (χ2n) is 5.27. The van der Waals surface area contributed by atoms with Crippen LogP contribution in [-0.2, 0) is 6.54 Å². The molecule has 0 aromatic heterocycles. The Morgan fingerprint density at radius 2 is 2.11 bits per heavy atom. The largest absolute Gasteiger partial charge is 0.384 e. The average Bonchev–Trinajstić information content (AvgIpc) is 2.31. The molecule has 0 fully saturated rings. The zero-order valence-corrected chi connectivity index (χ0v) is 12.0. The van der Waals surface area contributed by atoms with E-state index in [0.29, 0.717) is 0 Å². The topological polar surface area (TPSA) is 53.1 Å². The summed E-state index contributed by atoms with van der Waals surface area (Å²) >= 11 is 0. The second-order valence-corrected chi connectivity index (χ2v) is 5.27. The van der Waals surface area contributed by atoms with E-state index in [9.17, 15) is 0 Å². The van der Waals surface area contributed by atoms with Gasteiger partial charge in [-0.1, -0.05) is 32.4 Å². The van der Waals surface area contributed by atoms with Crippen molar-refractivity contribution in [2.24, 2.45) is 11.7 Å². The van der Waals surface area contributed by atoms with Gasteiger partial charge in [-0.15, -0.1) is 0 Å². The molecule has 0 radical (unpaired) electrons. The molecule has 0 heterocycles. The van der Waals surface area contributed by atoms with E-state index in [1.165, 1.54) is 17.5 Å². The minimum atomic E-state index is 0.137. The van der Waals surface area contributed by atoms with Gasteiger partial charge >= 0.3 is 0 Å². The third kappa shape index (κ3) is 4.15. The molecule has 100 valence electrons. The molecule has 1 atom stereocenters. The number of aryl methyl sites for hydroxylation is 1. The van der Waals surface area contributed by atoms with Crippen molar-refractivity contribution in [3.8, 4) is 0 Å². The van der Waals surface area contributed by atoms with Crippen LogP contribution < -0.4 is 5.73 Å². The SMILES string of the molecule is CCC(C)CN(C)Cc1ccc(C(=N)N)cc1C. The number of rotatable bonds is 6. The van der Waals surface area contributed by atoms with Crippen LogP contribution in [0.25, 0.3) is 0 Å². The molecule has 0 saturated carbocycles. The molecule has 3 nitrogen and oxygen atoms in total. The van der Waals surface area contributed by atoms with Gasteiger partial charge in [0.05, 0.1) is 0 Å². The van der Waals surface area contributed by atoms with Gasteiger partial charge in [-0.2, -0.15) is 0 Å². The van der Waals surface area contributed by atoms with Gasteiger partial charge in [-0.25, -0.2) is 0 Å². The molecule has 0 amide bonds. The van der Waals surface area contributed by atoms with E-state index < -0.39 is 0 Å². The minimum Gasteiger partial charge on any atom is -0.384 e. The summed E-state index contributed by atoms with van der Waals surface area (Å²) < 4.78 is 0. The summed E-state index contributed by atoms with van der Waals surface area (Å²) in [6, 6.07) is 6.01. The fraction of sp³-hybridized carbons (Fsp3) is 0.533. The number of benzene rings is 1. The third-order valence-corrected chi connectivity index (χ3v) is 3.41. The summed E-state index contributed by atoms with van der Waals surface area (Å²) in [5.74, 6) is 0.865. The Morgan fingerprint density at radius 3 is 2.61 bits per heavy atom. The van der Waals surface area contributed by atoms with Crippen molar-refractivity contribution in [3.05, 3.63) is 34.9 Å². The minimum absolute atomic E-state index is 0.137. The molecular formula is C15H25N3. The smallest absolute Gasteiger partial charge is 0.122 e. The molecular weight excluding hydrogens is 222 g/mol. The number of nitrogens with zero attached hydrogens (tertiary/aromatic N) is 1. The number of amidine groups is 1. The summed E-state index contributed by atoms with van der Waals surface area (Å²) in [5.41, 5.74) is 8.82. The molecule has 1 rings (SSSR count). The Morgan fingerprint density at radius 1 is 1.44 bits per heavy atom. The molecule has 1 unspecified atom stereocenters. The lowest BCUT2D eigenvalue weighted by Crippen LogP contribution is -2.24. The number of nitrogens with two attached hydrogens (primary N) is 1. The number of hydrogen-bond donors (Lipinski definition) is 2. The Bertz CT molecular complexity index is 412. The predicted molar refractivity (Wildman–Crippen MR) is 78.0 cm³/mol. The lowest BCUT2D eigenvalue weighted by Gasteiger charge is -2.21. The van der Waals surface area contributed by atoms with Crippen LogP contribution in [0, 0.1) is 18.3 Å². The second kappa shape index (κ2) is 6.55. The number of hydrogen-bond acceptors (Lipinski definition) is 2. The van der Waals surface area contributed by atoms with Crippen molar-refractivity contribution >= 4 is 5.84 Å². The fourth-order valence-electron chi connectivity index (χ4n) is 2.06. The van der Waals surface area contributed by atoms with Crippen molar-refractivity contribution in [1.82, 2.24) is 4.90 Å². The number of nitrogens with one attached hydrogen (secondary N) is 1. The van der Waals surface area contributed by atoms with Crippen LogP contribution in [0.4, 0.5) is 0 Å². The van der Waals surface area contributed by atoms with Crippen molar-refractivity contribution in [2.45, 2.75) is 33.7 Å². The Labute approximate surface area is 111 Å². The summed E-state index contributed by atoms with van der Waals surface area (Å²) in [5, 5.41) is 7.43. The zero-order valence-electron chi connectivity index (χ0n) is 12.0. The van der Waals surface area contributed by atoms with Crippen LogP contribution in [0.2, 0.25) is 0 Å². The van der Waals surface area contributed by atoms with E-state index in [2.05, 4.69) is 38.8 Å². The van der Waals surface area contributed by atoms with E-state index >= 15 is 0 Å². The lowest BCUT2D eigenvalue weighted by atomic mass is 10.0. The van der Waals surface area contributed by atoms with Crippen molar-refractivity contribution in [1.29, 1.82) is 5.41 Å². The van der Waals surface area contributed by atoms with Crippen LogP contribution in [0.5, 0.6) is 0 Å². The maximum atomic E-state index is 7.43. The van der Waals surface area contributed by atoms with Gasteiger partial charge in [0, 0.05) is 18.7 Å². The van der Waals surface area contributed by atoms with E-state index in [1.807, 2.05) is 12.1 Å². The standard InChI is InChI=1S/C15H25N3/c1-5-11(2)9-18(4)10-14-7-6-13(15(16)17)8-12(14)3/h6-8,11H,5,9-10H2,1-4H3,(H3,16,17). The Balaban J connectivity index is 2.70. The van der Waals surface area contributed by atoms with Crippen molar-refractivity contribution in [3.63, 3.8) is 0 Å². The van der Waals surface area contributed by atoms with Crippen LogP contribution in [0.1, 0.15) is 37.0 Å². The molecule has 18 heavy (non-hydrogen) atoms. The highest BCUT2D eigenvalue weighted by atomic mass is 15.1. The van der Waals surface area contributed by atoms with Gasteiger partial charge in [-0.3, -0.25) is 5.41 Å². The average molecular weight is 247 g/mol. The third-order valence-electron chi connectivity index (χ3n) is 3.41. The monoisotopic (exact) mass is 247 g/mol. The van der Waals surface area contributed by atoms with Crippen LogP contribution in [0.15, 0.2) is 18.2 Å². The first kappa shape index (κ1) is 14.7. The van der Waals surface area contributed by atoms with Crippen molar-refractivity contribution < 1.29 is 0 Å². The first-order valence-corrected chi connectivity index (χ1v) is 6.56. The van der Waals surface area contributed by atoms with Crippen molar-refractivity contribution in [2.75, 3.05) is 13.6 Å². The molecule has 3 heteroatoms. The van der Waals surface area contributed by atoms with E-state index in [-0.39, 0.29) is 5.84 Å². The molecule has 1 aromatic carbocycles. The summed E-state index contributed by atoms with van der Waals surface area (Å²) in [4.78, 5) is 2.35. The molecule has 1 aromatic rings. The highest BCUT2D eigenvalue weighted by Gasteiger charge is 2.08. The van der Waals surface area contributed by atoms with Gasteiger partial charge in [0.2, 0.25) is 0 Å². The van der Waals surface area contributed by atoms with E-state index in [0.717, 1.165) is 24.6 Å². The Hall–Kier alpha value is -1.35. The molecule has 0 aliphatic rings. The van der Waals surface area contributed by atoms with Gasteiger partial charge in [-0.05, 0) is 37.1 Å². The molecule has 0 aliphatic carbocycles. The summed E-state index contributed by atoms with van der Waals surface area (Å²) in [7, 11) is 2.16. The molecule has 0 aliphatic heterocycles. The molecule has 3 N–H and O–H groups in total.